The van der Waals surface area contributed by atoms with Crippen LogP contribution in [0.5, 0.6) is 5.75 Å². The molecule has 12 heavy (non-hydrogen) atoms. The molecule has 1 aromatic rings. The van der Waals surface area contributed by atoms with Crippen molar-refractivity contribution in [2.75, 3.05) is 0 Å². The summed E-state index contributed by atoms with van der Waals surface area (Å²) in [4.78, 5) is 3.07. The lowest BCUT2D eigenvalue weighted by Crippen LogP contribution is -2.02. The summed E-state index contributed by atoms with van der Waals surface area (Å²) < 4.78 is 39.4. The molecule has 0 saturated heterocycles. The molecule has 1 heterocycles. The van der Waals surface area contributed by atoms with Crippen molar-refractivity contribution in [3.05, 3.63) is 23.2 Å². The maximum atomic E-state index is 12.4. The van der Waals surface area contributed by atoms with E-state index >= 15 is 0 Å². The van der Waals surface area contributed by atoms with E-state index in [-0.39, 0.29) is 10.8 Å². The van der Waals surface area contributed by atoms with Crippen molar-refractivity contribution in [3.63, 3.8) is 0 Å². The monoisotopic (exact) mass is 197 g/mol. The van der Waals surface area contributed by atoms with E-state index in [9.17, 15) is 13.2 Å². The summed E-state index contributed by atoms with van der Waals surface area (Å²) in [5, 5.41) is -0.354. The van der Waals surface area contributed by atoms with E-state index in [0.717, 1.165) is 12.3 Å². The van der Waals surface area contributed by atoms with E-state index in [1.807, 2.05) is 0 Å². The quantitative estimate of drug-likeness (QED) is 0.680. The molecular weight excluding hydrogens is 195 g/mol. The lowest BCUT2D eigenvalue weighted by atomic mass is 10.4. The molecular formula is C6H3ClF3NO. The van der Waals surface area contributed by atoms with Crippen LogP contribution in [-0.2, 0) is 0 Å². The van der Waals surface area contributed by atoms with Crippen LogP contribution in [0.4, 0.5) is 13.2 Å². The first kappa shape index (κ1) is 9.12. The second-order valence-electron chi connectivity index (χ2n) is 1.82. The van der Waals surface area contributed by atoms with Crippen LogP contribution in [0.1, 0.15) is 0 Å². The molecule has 0 aliphatic rings. The molecule has 0 aromatic carbocycles. The average Bonchev–Trinajstić information content (AvgIpc) is 1.96. The Kier molecular flexibility index (Phi) is 2.75. The van der Waals surface area contributed by atoms with Gasteiger partial charge in [0.15, 0.2) is 0 Å². The Morgan fingerprint density at radius 2 is 2.17 bits per heavy atom. The smallest absolute Gasteiger partial charge is 0.387 e. The average molecular weight is 198 g/mol. The molecule has 6 heteroatoms. The normalized spacial score (nSPS) is 10.4. The van der Waals surface area contributed by atoms with Crippen LogP contribution in [0.3, 0.4) is 0 Å². The van der Waals surface area contributed by atoms with Gasteiger partial charge in [-0.2, -0.15) is 13.2 Å². The molecule has 0 spiro atoms. The van der Waals surface area contributed by atoms with Crippen molar-refractivity contribution in [2.24, 2.45) is 0 Å². The van der Waals surface area contributed by atoms with Crippen molar-refractivity contribution in [3.8, 4) is 5.75 Å². The predicted molar refractivity (Wildman–Crippen MR) is 35.8 cm³/mol. The number of nitrogens with zero attached hydrogens (tertiary/aromatic N) is 1. The first-order valence-electron chi connectivity index (χ1n) is 2.85. The molecule has 0 saturated carbocycles. The van der Waals surface area contributed by atoms with E-state index in [4.69, 9.17) is 11.6 Å². The van der Waals surface area contributed by atoms with Crippen molar-refractivity contribution in [2.45, 2.75) is 6.61 Å². The number of rotatable bonds is 2. The van der Waals surface area contributed by atoms with Gasteiger partial charge < -0.3 is 4.74 Å². The first-order valence-corrected chi connectivity index (χ1v) is 3.23. The van der Waals surface area contributed by atoms with Crippen LogP contribution in [0, 0.1) is 5.95 Å². The number of ether oxygens (including phenoxy) is 1. The van der Waals surface area contributed by atoms with Gasteiger partial charge in [-0.1, -0.05) is 11.6 Å². The van der Waals surface area contributed by atoms with E-state index in [1.54, 1.807) is 0 Å². The minimum absolute atomic E-state index is 0.267. The Hall–Kier alpha value is -0.970. The van der Waals surface area contributed by atoms with Crippen LogP contribution in [-0.4, -0.2) is 11.6 Å². The zero-order valence-electron chi connectivity index (χ0n) is 5.60. The third-order valence-corrected chi connectivity index (χ3v) is 1.26. The van der Waals surface area contributed by atoms with Crippen LogP contribution in [0.2, 0.25) is 5.02 Å². The van der Waals surface area contributed by atoms with Gasteiger partial charge >= 0.3 is 6.61 Å². The molecule has 0 amide bonds. The van der Waals surface area contributed by atoms with Crippen LogP contribution >= 0.6 is 11.6 Å². The van der Waals surface area contributed by atoms with Crippen molar-refractivity contribution < 1.29 is 17.9 Å². The van der Waals surface area contributed by atoms with Gasteiger partial charge in [0.2, 0.25) is 5.95 Å². The number of alkyl halides is 2. The Morgan fingerprint density at radius 1 is 1.50 bits per heavy atom. The van der Waals surface area contributed by atoms with Gasteiger partial charge in [0.25, 0.3) is 0 Å². The molecule has 0 aliphatic carbocycles. The first-order chi connectivity index (χ1) is 5.59. The van der Waals surface area contributed by atoms with Crippen LogP contribution < -0.4 is 4.74 Å². The van der Waals surface area contributed by atoms with Gasteiger partial charge in [-0.3, -0.25) is 0 Å². The van der Waals surface area contributed by atoms with Crippen molar-refractivity contribution >= 4 is 11.6 Å². The van der Waals surface area contributed by atoms with Gasteiger partial charge in [0, 0.05) is 6.07 Å². The summed E-state index contributed by atoms with van der Waals surface area (Å²) in [6, 6.07) is 0.927. The highest BCUT2D eigenvalue weighted by Crippen LogP contribution is 2.19. The topological polar surface area (TPSA) is 22.1 Å². The maximum Gasteiger partial charge on any atom is 0.387 e. The maximum absolute atomic E-state index is 12.4. The van der Waals surface area contributed by atoms with Gasteiger partial charge in [-0.25, -0.2) is 4.98 Å². The molecule has 0 radical (unpaired) electrons. The second-order valence-corrected chi connectivity index (χ2v) is 2.23. The number of halogens is 4. The Morgan fingerprint density at radius 3 is 2.67 bits per heavy atom. The van der Waals surface area contributed by atoms with Crippen molar-refractivity contribution in [1.29, 1.82) is 0 Å². The van der Waals surface area contributed by atoms with Gasteiger partial charge in [0.05, 0.1) is 11.2 Å². The summed E-state index contributed by atoms with van der Waals surface area (Å²) in [5.41, 5.74) is 0. The fourth-order valence-electron chi connectivity index (χ4n) is 0.571. The zero-order chi connectivity index (χ0) is 9.14. The lowest BCUT2D eigenvalue weighted by molar-refractivity contribution is -0.0501. The Labute approximate surface area is 70.9 Å². The fraction of sp³-hybridized carbons (Fsp3) is 0.167. The van der Waals surface area contributed by atoms with Crippen LogP contribution in [0.15, 0.2) is 12.3 Å². The standard InChI is InChI=1S/C6H3ClF3NO/c7-4-1-3(12-6(9)10)2-11-5(4)8/h1-2,6H. The summed E-state index contributed by atoms with van der Waals surface area (Å²) >= 11 is 5.23. The SMILES string of the molecule is Fc1ncc(OC(F)F)cc1Cl. The second kappa shape index (κ2) is 3.62. The Bertz CT molecular complexity index is 281. The molecule has 66 valence electrons. The van der Waals surface area contributed by atoms with Crippen molar-refractivity contribution in [1.82, 2.24) is 4.98 Å². The van der Waals surface area contributed by atoms with E-state index < -0.39 is 12.6 Å². The molecule has 1 aromatic heterocycles. The summed E-state index contributed by atoms with van der Waals surface area (Å²) in [6.07, 6.45) is 0.827. The molecule has 0 fully saturated rings. The van der Waals surface area contributed by atoms with E-state index in [0.29, 0.717) is 0 Å². The molecule has 2 nitrogen and oxygen atoms in total. The number of hydrogen-bond acceptors (Lipinski definition) is 2. The number of hydrogen-bond donors (Lipinski definition) is 0. The molecule has 1 rings (SSSR count). The predicted octanol–water partition coefficient (Wildman–Crippen LogP) is 2.48. The lowest BCUT2D eigenvalue weighted by Gasteiger charge is -2.03. The highest BCUT2D eigenvalue weighted by molar-refractivity contribution is 6.30. The van der Waals surface area contributed by atoms with E-state index in [2.05, 4.69) is 9.72 Å². The molecule has 0 unspecified atom stereocenters. The summed E-state index contributed by atoms with van der Waals surface area (Å²) in [6.45, 7) is -2.96. The van der Waals surface area contributed by atoms with Gasteiger partial charge in [-0.05, 0) is 0 Å². The summed E-state index contributed by atoms with van der Waals surface area (Å²) in [7, 11) is 0. The highest BCUT2D eigenvalue weighted by Gasteiger charge is 2.07. The zero-order valence-corrected chi connectivity index (χ0v) is 6.36. The minimum Gasteiger partial charge on any atom is -0.433 e. The van der Waals surface area contributed by atoms with Crippen LogP contribution in [0.25, 0.3) is 0 Å². The summed E-state index contributed by atoms with van der Waals surface area (Å²) in [5.74, 6) is -1.19. The molecule has 0 bridgehead atoms. The number of aromatic nitrogens is 1. The third-order valence-electron chi connectivity index (χ3n) is 0.996. The highest BCUT2D eigenvalue weighted by atomic mass is 35.5. The third kappa shape index (κ3) is 2.27. The largest absolute Gasteiger partial charge is 0.433 e. The van der Waals surface area contributed by atoms with Gasteiger partial charge in [0.1, 0.15) is 5.75 Å². The van der Waals surface area contributed by atoms with Gasteiger partial charge in [-0.15, -0.1) is 0 Å². The van der Waals surface area contributed by atoms with E-state index in [1.165, 1.54) is 0 Å². The minimum atomic E-state index is -2.96. The molecule has 0 atom stereocenters. The molecule has 0 N–H and O–H groups in total. The number of pyridine rings is 1. The Balaban J connectivity index is 2.82. The molecule has 0 aliphatic heterocycles. The fourth-order valence-corrected chi connectivity index (χ4v) is 0.727.